The van der Waals surface area contributed by atoms with Crippen LogP contribution in [0.3, 0.4) is 0 Å². The largest absolute Gasteiger partial charge is 0.397 e. The number of pyridine rings is 2. The number of aromatic nitrogens is 3. The molecule has 1 radical (unpaired) electrons. The Bertz CT molecular complexity index is 787. The third kappa shape index (κ3) is 1.94. The summed E-state index contributed by atoms with van der Waals surface area (Å²) in [5, 5.41) is 2.49. The maximum Gasteiger partial charge on any atom is 0.131 e. The number of anilines is 1. The number of fused-ring (bicyclic) bond motifs is 1. The first-order valence-electron chi connectivity index (χ1n) is 6.19. The third-order valence-corrected chi connectivity index (χ3v) is 4.35. The van der Waals surface area contributed by atoms with E-state index in [1.165, 1.54) is 23.0 Å². The molecule has 3 aromatic rings. The lowest BCUT2D eigenvalue weighted by Crippen LogP contribution is -1.94. The van der Waals surface area contributed by atoms with Gasteiger partial charge in [-0.1, -0.05) is 11.6 Å². The molecule has 20 heavy (non-hydrogen) atoms. The molecule has 4 rings (SSSR count). The number of hydrogen-bond acceptors (Lipinski definition) is 5. The minimum atomic E-state index is 0.397. The molecule has 0 aromatic carbocycles. The maximum absolute atomic E-state index is 5.95. The highest BCUT2D eigenvalue weighted by atomic mass is 35.5. The molecule has 0 bridgehead atoms. The Kier molecular flexibility index (Phi) is 2.65. The lowest BCUT2D eigenvalue weighted by molar-refractivity contribution is 1.14. The number of halogens is 1. The zero-order valence-electron chi connectivity index (χ0n) is 10.4. The lowest BCUT2D eigenvalue weighted by Gasteiger charge is -2.04. The second-order valence-corrected chi connectivity index (χ2v) is 5.91. The lowest BCUT2D eigenvalue weighted by atomic mass is 10.1. The quantitative estimate of drug-likeness (QED) is 0.737. The van der Waals surface area contributed by atoms with Crippen molar-refractivity contribution in [3.8, 4) is 0 Å². The summed E-state index contributed by atoms with van der Waals surface area (Å²) in [5.74, 6) is 1.85. The fourth-order valence-electron chi connectivity index (χ4n) is 2.46. The van der Waals surface area contributed by atoms with E-state index in [4.69, 9.17) is 17.3 Å². The Morgan fingerprint density at radius 1 is 1.30 bits per heavy atom. The van der Waals surface area contributed by atoms with Crippen LogP contribution in [0.15, 0.2) is 29.9 Å². The highest BCUT2D eigenvalue weighted by Crippen LogP contribution is 2.53. The van der Waals surface area contributed by atoms with Gasteiger partial charge >= 0.3 is 0 Å². The van der Waals surface area contributed by atoms with Crippen LogP contribution in [0.2, 0.25) is 5.15 Å². The highest BCUT2D eigenvalue weighted by Gasteiger charge is 2.41. The average Bonchev–Trinajstić information content (AvgIpc) is 3.04. The van der Waals surface area contributed by atoms with Crippen LogP contribution >= 0.6 is 23.1 Å². The molecular weight excluding hydrogens is 292 g/mol. The first-order chi connectivity index (χ1) is 9.72. The number of nitrogen functional groups attached to an aromatic ring is 1. The topological polar surface area (TPSA) is 64.7 Å². The molecule has 1 saturated carbocycles. The van der Waals surface area contributed by atoms with Gasteiger partial charge < -0.3 is 5.73 Å². The summed E-state index contributed by atoms with van der Waals surface area (Å²) in [6, 6.07) is 3.64. The Hall–Kier alpha value is -1.72. The molecule has 99 valence electrons. The fourth-order valence-corrected chi connectivity index (χ4v) is 3.26. The van der Waals surface area contributed by atoms with E-state index in [-0.39, 0.29) is 0 Å². The minimum absolute atomic E-state index is 0.397. The molecule has 0 aliphatic heterocycles. The van der Waals surface area contributed by atoms with Crippen LogP contribution in [0.25, 0.3) is 11.0 Å². The van der Waals surface area contributed by atoms with Crippen LogP contribution in [0.5, 0.6) is 0 Å². The molecule has 0 amide bonds. The number of nitrogens with two attached hydrogens (primary N) is 1. The van der Waals surface area contributed by atoms with Gasteiger partial charge in [0, 0.05) is 29.8 Å². The Morgan fingerprint density at radius 2 is 2.20 bits per heavy atom. The van der Waals surface area contributed by atoms with E-state index in [2.05, 4.69) is 19.7 Å². The molecule has 1 aliphatic carbocycles. The van der Waals surface area contributed by atoms with Crippen molar-refractivity contribution < 1.29 is 0 Å². The van der Waals surface area contributed by atoms with Crippen molar-refractivity contribution in [2.24, 2.45) is 0 Å². The van der Waals surface area contributed by atoms with Gasteiger partial charge in [-0.25, -0.2) is 9.36 Å². The van der Waals surface area contributed by atoms with E-state index >= 15 is 0 Å². The molecule has 3 aromatic heterocycles. The normalized spacial score (nSPS) is 18.6. The minimum Gasteiger partial charge on any atom is -0.397 e. The van der Waals surface area contributed by atoms with Gasteiger partial charge in [-0.3, -0.25) is 4.98 Å². The molecule has 1 aliphatic rings. The second kappa shape index (κ2) is 4.40. The molecule has 3 heterocycles. The van der Waals surface area contributed by atoms with Crippen LogP contribution in [-0.2, 0) is 0 Å². The summed E-state index contributed by atoms with van der Waals surface area (Å²) in [7, 11) is 0. The summed E-state index contributed by atoms with van der Waals surface area (Å²) in [5.41, 5.74) is 10.3. The predicted molar refractivity (Wildman–Crippen MR) is 80.8 cm³/mol. The van der Waals surface area contributed by atoms with Crippen molar-refractivity contribution in [1.82, 2.24) is 14.3 Å². The van der Waals surface area contributed by atoms with E-state index in [1.807, 2.05) is 18.5 Å². The maximum atomic E-state index is 5.95. The monoisotopic (exact) mass is 301 g/mol. The van der Waals surface area contributed by atoms with Crippen molar-refractivity contribution in [2.75, 3.05) is 5.73 Å². The van der Waals surface area contributed by atoms with Crippen LogP contribution < -0.4 is 5.73 Å². The van der Waals surface area contributed by atoms with Crippen molar-refractivity contribution in [2.45, 2.75) is 12.3 Å². The Labute approximate surface area is 124 Å². The molecular formula is C14H10ClN4S. The van der Waals surface area contributed by atoms with Crippen molar-refractivity contribution in [3.05, 3.63) is 52.1 Å². The first-order valence-corrected chi connectivity index (χ1v) is 7.41. The number of rotatable bonds is 2. The van der Waals surface area contributed by atoms with Crippen molar-refractivity contribution in [3.63, 3.8) is 0 Å². The van der Waals surface area contributed by atoms with Crippen LogP contribution in [0.4, 0.5) is 5.69 Å². The molecule has 0 saturated heterocycles. The van der Waals surface area contributed by atoms with Gasteiger partial charge in [-0.05, 0) is 41.1 Å². The summed E-state index contributed by atoms with van der Waals surface area (Å²) < 4.78 is 4.15. The Morgan fingerprint density at radius 3 is 3.00 bits per heavy atom. The number of nitrogens with zero attached hydrogens (tertiary/aromatic N) is 3. The van der Waals surface area contributed by atoms with Gasteiger partial charge in [-0.2, -0.15) is 0 Å². The molecule has 0 spiro atoms. The SMILES string of the molecule is Nc1cc(Cl)nc2cc([C]3CC3c3cnsc3)cnc12. The van der Waals surface area contributed by atoms with Gasteiger partial charge in [0.05, 0.1) is 11.2 Å². The molecule has 1 fully saturated rings. The van der Waals surface area contributed by atoms with Gasteiger partial charge in [0.1, 0.15) is 10.7 Å². The summed E-state index contributed by atoms with van der Waals surface area (Å²) in [6.45, 7) is 0. The zero-order chi connectivity index (χ0) is 13.7. The van der Waals surface area contributed by atoms with Gasteiger partial charge in [0.25, 0.3) is 0 Å². The highest BCUT2D eigenvalue weighted by molar-refractivity contribution is 7.03. The molecule has 1 atom stereocenters. The van der Waals surface area contributed by atoms with E-state index in [0.717, 1.165) is 17.5 Å². The smallest absolute Gasteiger partial charge is 0.131 e. The molecule has 1 unspecified atom stereocenters. The van der Waals surface area contributed by atoms with Gasteiger partial charge in [0.2, 0.25) is 0 Å². The van der Waals surface area contributed by atoms with Gasteiger partial charge in [-0.15, -0.1) is 0 Å². The van der Waals surface area contributed by atoms with Gasteiger partial charge in [0.15, 0.2) is 0 Å². The van der Waals surface area contributed by atoms with E-state index < -0.39 is 0 Å². The van der Waals surface area contributed by atoms with E-state index in [1.54, 1.807) is 6.07 Å². The molecule has 2 N–H and O–H groups in total. The van der Waals surface area contributed by atoms with Crippen molar-refractivity contribution in [1.29, 1.82) is 0 Å². The van der Waals surface area contributed by atoms with Crippen LogP contribution in [0, 0.1) is 5.92 Å². The summed E-state index contributed by atoms with van der Waals surface area (Å²) >= 11 is 7.44. The number of hydrogen-bond donors (Lipinski definition) is 1. The fraction of sp³-hybridized carbons (Fsp3) is 0.143. The van der Waals surface area contributed by atoms with Crippen LogP contribution in [-0.4, -0.2) is 14.3 Å². The van der Waals surface area contributed by atoms with E-state index in [9.17, 15) is 0 Å². The first kappa shape index (κ1) is 12.1. The molecule has 6 heteroatoms. The molecule has 4 nitrogen and oxygen atoms in total. The third-order valence-electron chi connectivity index (χ3n) is 3.55. The summed E-state index contributed by atoms with van der Waals surface area (Å²) in [6.07, 6.45) is 4.86. The van der Waals surface area contributed by atoms with Crippen LogP contribution in [0.1, 0.15) is 23.5 Å². The predicted octanol–water partition coefficient (Wildman–Crippen LogP) is 3.43. The summed E-state index contributed by atoms with van der Waals surface area (Å²) in [4.78, 5) is 8.71. The average molecular weight is 302 g/mol. The second-order valence-electron chi connectivity index (χ2n) is 4.87. The van der Waals surface area contributed by atoms with E-state index in [0.29, 0.717) is 22.3 Å². The van der Waals surface area contributed by atoms with Crippen molar-refractivity contribution >= 4 is 39.9 Å². The Balaban J connectivity index is 1.72. The zero-order valence-corrected chi connectivity index (χ0v) is 11.9. The standard InChI is InChI=1S/C14H10ClN4S/c15-13-3-11(16)14-12(19-13)1-7(4-17-14)9-2-10(9)8-5-18-20-6-8/h1,3-6,10H,2H2,(H2,16,19).